The second-order valence-electron chi connectivity index (χ2n) is 7.62. The fourth-order valence-electron chi connectivity index (χ4n) is 3.65. The minimum absolute atomic E-state index is 0.406. The van der Waals surface area contributed by atoms with Crippen LogP contribution in [0.4, 0.5) is 0 Å². The number of hydrogen-bond acceptors (Lipinski definition) is 2. The molecule has 0 bridgehead atoms. The van der Waals surface area contributed by atoms with Crippen LogP contribution in [0.2, 0.25) is 0 Å². The predicted molar refractivity (Wildman–Crippen MR) is 87.3 cm³/mol. The number of aryl methyl sites for hydroxylation is 2. The standard InChI is InChI=1S/C18H32N2O/c1-6-15-12-16(20(5)19-15)13-18(21)10-8-14(9-11-18)17(3,4)7-2/h12,14,21H,6-11,13H2,1-5H3. The van der Waals surface area contributed by atoms with E-state index in [1.165, 1.54) is 12.1 Å². The molecule has 2 rings (SSSR count). The summed E-state index contributed by atoms with van der Waals surface area (Å²) in [7, 11) is 1.99. The van der Waals surface area contributed by atoms with Crippen molar-refractivity contribution < 1.29 is 5.11 Å². The lowest BCUT2D eigenvalue weighted by atomic mass is 9.66. The average Bonchev–Trinajstić information content (AvgIpc) is 2.79. The van der Waals surface area contributed by atoms with Crippen molar-refractivity contribution in [2.75, 3.05) is 0 Å². The summed E-state index contributed by atoms with van der Waals surface area (Å²) in [6, 6.07) is 2.15. The van der Waals surface area contributed by atoms with E-state index in [4.69, 9.17) is 0 Å². The summed E-state index contributed by atoms with van der Waals surface area (Å²) in [4.78, 5) is 0. The Labute approximate surface area is 129 Å². The summed E-state index contributed by atoms with van der Waals surface area (Å²) in [5.41, 5.74) is 2.17. The highest BCUT2D eigenvalue weighted by molar-refractivity contribution is 5.13. The third-order valence-corrected chi connectivity index (χ3v) is 5.83. The summed E-state index contributed by atoms with van der Waals surface area (Å²) < 4.78 is 1.94. The molecule has 0 aromatic carbocycles. The van der Waals surface area contributed by atoms with Gasteiger partial charge in [0, 0.05) is 19.2 Å². The van der Waals surface area contributed by atoms with E-state index in [0.29, 0.717) is 5.41 Å². The van der Waals surface area contributed by atoms with Crippen LogP contribution in [-0.4, -0.2) is 20.5 Å². The number of nitrogens with zero attached hydrogens (tertiary/aromatic N) is 2. The van der Waals surface area contributed by atoms with Gasteiger partial charge in [-0.05, 0) is 49.5 Å². The quantitative estimate of drug-likeness (QED) is 0.894. The van der Waals surface area contributed by atoms with Gasteiger partial charge < -0.3 is 5.11 Å². The molecule has 21 heavy (non-hydrogen) atoms. The first-order chi connectivity index (χ1) is 9.79. The Balaban J connectivity index is 2.00. The van der Waals surface area contributed by atoms with Crippen LogP contribution in [0, 0.1) is 11.3 Å². The van der Waals surface area contributed by atoms with Gasteiger partial charge in [-0.25, -0.2) is 0 Å². The molecule has 1 fully saturated rings. The molecule has 3 heteroatoms. The first kappa shape index (κ1) is 16.5. The summed E-state index contributed by atoms with van der Waals surface area (Å²) >= 11 is 0. The third kappa shape index (κ3) is 3.68. The maximum absolute atomic E-state index is 10.9. The maximum Gasteiger partial charge on any atom is 0.0703 e. The molecule has 1 heterocycles. The van der Waals surface area contributed by atoms with Gasteiger partial charge in [0.05, 0.1) is 11.3 Å². The van der Waals surface area contributed by atoms with E-state index >= 15 is 0 Å². The third-order valence-electron chi connectivity index (χ3n) is 5.83. The molecule has 0 unspecified atom stereocenters. The Morgan fingerprint density at radius 2 is 1.95 bits per heavy atom. The molecule has 1 aromatic rings. The van der Waals surface area contributed by atoms with E-state index < -0.39 is 5.60 Å². The fraction of sp³-hybridized carbons (Fsp3) is 0.833. The van der Waals surface area contributed by atoms with Crippen molar-refractivity contribution in [1.29, 1.82) is 0 Å². The number of aliphatic hydroxyl groups is 1. The lowest BCUT2D eigenvalue weighted by Gasteiger charge is -2.42. The molecule has 1 aliphatic carbocycles. The molecule has 1 aromatic heterocycles. The zero-order valence-electron chi connectivity index (χ0n) is 14.4. The van der Waals surface area contributed by atoms with Crippen LogP contribution >= 0.6 is 0 Å². The largest absolute Gasteiger partial charge is 0.389 e. The number of hydrogen-bond donors (Lipinski definition) is 1. The molecule has 1 saturated carbocycles. The highest BCUT2D eigenvalue weighted by Crippen LogP contribution is 2.44. The monoisotopic (exact) mass is 292 g/mol. The van der Waals surface area contributed by atoms with Gasteiger partial charge >= 0.3 is 0 Å². The minimum Gasteiger partial charge on any atom is -0.389 e. The highest BCUT2D eigenvalue weighted by Gasteiger charge is 2.38. The molecule has 0 radical (unpaired) electrons. The lowest BCUT2D eigenvalue weighted by molar-refractivity contribution is -0.0287. The van der Waals surface area contributed by atoms with Crippen molar-refractivity contribution in [3.8, 4) is 0 Å². The molecule has 0 aliphatic heterocycles. The summed E-state index contributed by atoms with van der Waals surface area (Å²) in [6.07, 6.45) is 7.07. The van der Waals surface area contributed by atoms with Crippen LogP contribution in [0.1, 0.15) is 71.2 Å². The Bertz CT molecular complexity index is 468. The van der Waals surface area contributed by atoms with Crippen LogP contribution in [0.25, 0.3) is 0 Å². The lowest BCUT2D eigenvalue weighted by Crippen LogP contribution is -2.40. The second-order valence-corrected chi connectivity index (χ2v) is 7.62. The predicted octanol–water partition coefficient (Wildman–Crippen LogP) is 3.88. The van der Waals surface area contributed by atoms with E-state index in [2.05, 4.69) is 38.9 Å². The van der Waals surface area contributed by atoms with Crippen LogP contribution in [0.5, 0.6) is 0 Å². The Hall–Kier alpha value is -0.830. The van der Waals surface area contributed by atoms with Crippen LogP contribution in [0.15, 0.2) is 6.07 Å². The van der Waals surface area contributed by atoms with Crippen molar-refractivity contribution >= 4 is 0 Å². The molecule has 3 nitrogen and oxygen atoms in total. The molecule has 0 atom stereocenters. The van der Waals surface area contributed by atoms with Gasteiger partial charge in [0.25, 0.3) is 0 Å². The molecule has 0 spiro atoms. The van der Waals surface area contributed by atoms with Crippen LogP contribution < -0.4 is 0 Å². The Morgan fingerprint density at radius 1 is 1.33 bits per heavy atom. The van der Waals surface area contributed by atoms with Gasteiger partial charge in [-0.1, -0.05) is 34.1 Å². The topological polar surface area (TPSA) is 38.0 Å². The maximum atomic E-state index is 10.9. The highest BCUT2D eigenvalue weighted by atomic mass is 16.3. The molecular formula is C18H32N2O. The fourth-order valence-corrected chi connectivity index (χ4v) is 3.65. The Kier molecular flexibility index (Phi) is 4.82. The summed E-state index contributed by atoms with van der Waals surface area (Å²) in [6.45, 7) is 9.15. The summed E-state index contributed by atoms with van der Waals surface area (Å²) in [5, 5.41) is 15.4. The van der Waals surface area contributed by atoms with E-state index in [1.807, 2.05) is 11.7 Å². The number of aromatic nitrogens is 2. The zero-order valence-corrected chi connectivity index (χ0v) is 14.4. The van der Waals surface area contributed by atoms with Gasteiger partial charge in [-0.3, -0.25) is 4.68 Å². The second kappa shape index (κ2) is 6.12. The first-order valence-corrected chi connectivity index (χ1v) is 8.54. The van der Waals surface area contributed by atoms with E-state index in [0.717, 1.165) is 50.1 Å². The molecule has 0 saturated heterocycles. The van der Waals surface area contributed by atoms with Gasteiger partial charge in [-0.15, -0.1) is 0 Å². The van der Waals surface area contributed by atoms with Crippen molar-refractivity contribution in [2.24, 2.45) is 18.4 Å². The molecule has 120 valence electrons. The van der Waals surface area contributed by atoms with Crippen LogP contribution in [0.3, 0.4) is 0 Å². The van der Waals surface area contributed by atoms with Gasteiger partial charge in [0.15, 0.2) is 0 Å². The molecule has 1 N–H and O–H groups in total. The van der Waals surface area contributed by atoms with Crippen molar-refractivity contribution in [3.63, 3.8) is 0 Å². The van der Waals surface area contributed by atoms with Crippen molar-refractivity contribution in [3.05, 3.63) is 17.5 Å². The number of rotatable bonds is 5. The van der Waals surface area contributed by atoms with Gasteiger partial charge in [0.1, 0.15) is 0 Å². The van der Waals surface area contributed by atoms with E-state index in [9.17, 15) is 5.11 Å². The van der Waals surface area contributed by atoms with Crippen molar-refractivity contribution in [1.82, 2.24) is 9.78 Å². The van der Waals surface area contributed by atoms with E-state index in [-0.39, 0.29) is 0 Å². The normalized spacial score (nSPS) is 27.0. The van der Waals surface area contributed by atoms with Crippen molar-refractivity contribution in [2.45, 2.75) is 78.2 Å². The SMILES string of the molecule is CCc1cc(CC2(O)CCC(C(C)(C)CC)CC2)n(C)n1. The van der Waals surface area contributed by atoms with Gasteiger partial charge in [-0.2, -0.15) is 5.10 Å². The zero-order chi connectivity index (χ0) is 15.7. The summed E-state index contributed by atoms with van der Waals surface area (Å²) in [5.74, 6) is 0.750. The van der Waals surface area contributed by atoms with Crippen LogP contribution in [-0.2, 0) is 19.9 Å². The van der Waals surface area contributed by atoms with E-state index in [1.54, 1.807) is 0 Å². The first-order valence-electron chi connectivity index (χ1n) is 8.54. The minimum atomic E-state index is -0.529. The Morgan fingerprint density at radius 3 is 2.43 bits per heavy atom. The smallest absolute Gasteiger partial charge is 0.0703 e. The molecule has 1 aliphatic rings. The van der Waals surface area contributed by atoms with Gasteiger partial charge in [0.2, 0.25) is 0 Å². The molecule has 0 amide bonds. The average molecular weight is 292 g/mol. The molecular weight excluding hydrogens is 260 g/mol.